The quantitative estimate of drug-likeness (QED) is 0.747. The normalized spacial score (nSPS) is 13.6. The molecule has 0 spiro atoms. The van der Waals surface area contributed by atoms with E-state index in [9.17, 15) is 18.0 Å². The van der Waals surface area contributed by atoms with Gasteiger partial charge in [-0.25, -0.2) is 0 Å². The Balaban J connectivity index is 3.13. The number of hydrogen-bond acceptors (Lipinski definition) is 1. The number of halogens is 4. The van der Waals surface area contributed by atoms with Crippen molar-refractivity contribution < 1.29 is 18.0 Å². The molecule has 1 nitrogen and oxygen atoms in total. The summed E-state index contributed by atoms with van der Waals surface area (Å²) in [4.78, 5) is 10.4. The first-order valence-corrected chi connectivity index (χ1v) is 5.03. The number of carbonyl (C=O) groups is 1. The molecule has 0 N–H and O–H groups in total. The molecule has 1 aromatic carbocycles. The standard InChI is InChI=1S/C11H10ClF3O/c1-7(6-16)4-8-2-3-9(12)5-10(8)11(13,14)15/h2-3,5-7H,4H2,1H3. The topological polar surface area (TPSA) is 17.1 Å². The minimum absolute atomic E-state index is 0.0369. The molecule has 0 aliphatic carbocycles. The summed E-state index contributed by atoms with van der Waals surface area (Å²) in [5.41, 5.74) is -0.676. The summed E-state index contributed by atoms with van der Waals surface area (Å²) in [5, 5.41) is 0.0369. The Morgan fingerprint density at radius 1 is 1.44 bits per heavy atom. The molecule has 0 aromatic heterocycles. The fourth-order valence-electron chi connectivity index (χ4n) is 1.39. The van der Waals surface area contributed by atoms with Crippen LogP contribution in [-0.2, 0) is 17.4 Å². The summed E-state index contributed by atoms with van der Waals surface area (Å²) < 4.78 is 37.9. The fourth-order valence-corrected chi connectivity index (χ4v) is 1.56. The van der Waals surface area contributed by atoms with Crippen LogP contribution in [0.4, 0.5) is 13.2 Å². The molecular weight excluding hydrogens is 241 g/mol. The van der Waals surface area contributed by atoms with Crippen molar-refractivity contribution in [1.82, 2.24) is 0 Å². The van der Waals surface area contributed by atoms with Crippen LogP contribution < -0.4 is 0 Å². The van der Waals surface area contributed by atoms with Crippen molar-refractivity contribution in [3.05, 3.63) is 34.3 Å². The van der Waals surface area contributed by atoms with E-state index in [1.54, 1.807) is 6.92 Å². The smallest absolute Gasteiger partial charge is 0.303 e. The molecule has 1 rings (SSSR count). The minimum atomic E-state index is -4.44. The highest BCUT2D eigenvalue weighted by Gasteiger charge is 2.33. The van der Waals surface area contributed by atoms with E-state index in [4.69, 9.17) is 11.6 Å². The second-order valence-corrected chi connectivity index (χ2v) is 4.05. The van der Waals surface area contributed by atoms with E-state index in [-0.39, 0.29) is 17.0 Å². The fraction of sp³-hybridized carbons (Fsp3) is 0.364. The molecule has 0 heterocycles. The van der Waals surface area contributed by atoms with Crippen LogP contribution >= 0.6 is 11.6 Å². The van der Waals surface area contributed by atoms with E-state index in [1.165, 1.54) is 12.1 Å². The second-order valence-electron chi connectivity index (χ2n) is 3.62. The Hall–Kier alpha value is -1.03. The Morgan fingerprint density at radius 3 is 2.56 bits per heavy atom. The minimum Gasteiger partial charge on any atom is -0.303 e. The van der Waals surface area contributed by atoms with Gasteiger partial charge in [-0.1, -0.05) is 24.6 Å². The zero-order valence-corrected chi connectivity index (χ0v) is 9.27. The van der Waals surface area contributed by atoms with E-state index in [2.05, 4.69) is 0 Å². The maximum absolute atomic E-state index is 12.6. The zero-order chi connectivity index (χ0) is 12.3. The maximum Gasteiger partial charge on any atom is 0.416 e. The van der Waals surface area contributed by atoms with Gasteiger partial charge in [-0.15, -0.1) is 0 Å². The molecule has 88 valence electrons. The van der Waals surface area contributed by atoms with Gasteiger partial charge in [0.2, 0.25) is 0 Å². The number of benzene rings is 1. The van der Waals surface area contributed by atoms with Gasteiger partial charge in [-0.2, -0.15) is 13.2 Å². The van der Waals surface area contributed by atoms with Crippen LogP contribution in [0.25, 0.3) is 0 Å². The molecule has 0 saturated heterocycles. The van der Waals surface area contributed by atoms with Gasteiger partial charge in [0.1, 0.15) is 6.29 Å². The van der Waals surface area contributed by atoms with Gasteiger partial charge in [0.05, 0.1) is 5.56 Å². The molecule has 0 saturated carbocycles. The number of alkyl halides is 3. The Morgan fingerprint density at radius 2 is 2.06 bits per heavy atom. The molecule has 0 radical (unpaired) electrons. The molecule has 0 amide bonds. The van der Waals surface area contributed by atoms with Gasteiger partial charge < -0.3 is 4.79 Å². The predicted octanol–water partition coefficient (Wildman–Crippen LogP) is 3.74. The van der Waals surface area contributed by atoms with Crippen molar-refractivity contribution in [1.29, 1.82) is 0 Å². The summed E-state index contributed by atoms with van der Waals surface area (Å²) in [7, 11) is 0. The summed E-state index contributed by atoms with van der Waals surface area (Å²) in [6.45, 7) is 1.57. The molecule has 0 aliphatic rings. The molecule has 0 bridgehead atoms. The van der Waals surface area contributed by atoms with Crippen LogP contribution in [0, 0.1) is 5.92 Å². The van der Waals surface area contributed by atoms with E-state index in [0.29, 0.717) is 6.29 Å². The van der Waals surface area contributed by atoms with Gasteiger partial charge in [0.25, 0.3) is 0 Å². The van der Waals surface area contributed by atoms with E-state index >= 15 is 0 Å². The van der Waals surface area contributed by atoms with E-state index < -0.39 is 17.7 Å². The summed E-state index contributed by atoms with van der Waals surface area (Å²) in [6.07, 6.45) is -3.74. The van der Waals surface area contributed by atoms with Gasteiger partial charge in [0, 0.05) is 10.9 Å². The molecule has 0 aliphatic heterocycles. The predicted molar refractivity (Wildman–Crippen MR) is 55.4 cm³/mol. The Bertz CT molecular complexity index is 387. The Kier molecular flexibility index (Phi) is 3.97. The Labute approximate surface area is 96.2 Å². The largest absolute Gasteiger partial charge is 0.416 e. The highest BCUT2D eigenvalue weighted by atomic mass is 35.5. The first-order chi connectivity index (χ1) is 7.34. The highest BCUT2D eigenvalue weighted by molar-refractivity contribution is 6.30. The molecule has 0 fully saturated rings. The van der Waals surface area contributed by atoms with Crippen LogP contribution in [0.5, 0.6) is 0 Å². The lowest BCUT2D eigenvalue weighted by Crippen LogP contribution is -2.12. The summed E-state index contributed by atoms with van der Waals surface area (Å²) >= 11 is 5.52. The summed E-state index contributed by atoms with van der Waals surface area (Å²) in [5.74, 6) is -0.442. The van der Waals surface area contributed by atoms with Crippen molar-refractivity contribution in [2.24, 2.45) is 5.92 Å². The van der Waals surface area contributed by atoms with Gasteiger partial charge in [-0.05, 0) is 24.1 Å². The highest BCUT2D eigenvalue weighted by Crippen LogP contribution is 2.34. The average Bonchev–Trinajstić information content (AvgIpc) is 2.19. The number of hydrogen-bond donors (Lipinski definition) is 0. The SMILES string of the molecule is CC(C=O)Cc1ccc(Cl)cc1C(F)(F)F. The lowest BCUT2D eigenvalue weighted by molar-refractivity contribution is -0.138. The van der Waals surface area contributed by atoms with Crippen LogP contribution in [0.3, 0.4) is 0 Å². The average molecular weight is 251 g/mol. The molecule has 5 heteroatoms. The lowest BCUT2D eigenvalue weighted by atomic mass is 9.97. The molecule has 16 heavy (non-hydrogen) atoms. The molecular formula is C11H10ClF3O. The first-order valence-electron chi connectivity index (χ1n) is 4.65. The monoisotopic (exact) mass is 250 g/mol. The van der Waals surface area contributed by atoms with Crippen molar-refractivity contribution in [2.45, 2.75) is 19.5 Å². The third-order valence-electron chi connectivity index (χ3n) is 2.15. The number of carbonyl (C=O) groups excluding carboxylic acids is 1. The van der Waals surface area contributed by atoms with E-state index in [0.717, 1.165) is 6.07 Å². The van der Waals surface area contributed by atoms with Gasteiger partial charge in [0.15, 0.2) is 0 Å². The van der Waals surface area contributed by atoms with Crippen LogP contribution in [0.2, 0.25) is 5.02 Å². The van der Waals surface area contributed by atoms with Crippen molar-refractivity contribution in [2.75, 3.05) is 0 Å². The van der Waals surface area contributed by atoms with Gasteiger partial charge >= 0.3 is 6.18 Å². The zero-order valence-electron chi connectivity index (χ0n) is 8.51. The molecule has 1 unspecified atom stereocenters. The van der Waals surface area contributed by atoms with Gasteiger partial charge in [-0.3, -0.25) is 0 Å². The number of aldehydes is 1. The van der Waals surface area contributed by atoms with Crippen molar-refractivity contribution in [3.63, 3.8) is 0 Å². The summed E-state index contributed by atoms with van der Waals surface area (Å²) in [6, 6.07) is 3.59. The van der Waals surface area contributed by atoms with Crippen LogP contribution in [-0.4, -0.2) is 6.29 Å². The third kappa shape index (κ3) is 3.23. The van der Waals surface area contributed by atoms with Crippen molar-refractivity contribution in [3.8, 4) is 0 Å². The first kappa shape index (κ1) is 13.0. The molecule has 1 aromatic rings. The third-order valence-corrected chi connectivity index (χ3v) is 2.39. The molecule has 1 atom stereocenters. The van der Waals surface area contributed by atoms with Crippen LogP contribution in [0.15, 0.2) is 18.2 Å². The van der Waals surface area contributed by atoms with Crippen LogP contribution in [0.1, 0.15) is 18.1 Å². The lowest BCUT2D eigenvalue weighted by Gasteiger charge is -2.14. The number of rotatable bonds is 3. The maximum atomic E-state index is 12.6. The second kappa shape index (κ2) is 4.87. The van der Waals surface area contributed by atoms with Crippen molar-refractivity contribution >= 4 is 17.9 Å². The van der Waals surface area contributed by atoms with E-state index in [1.807, 2.05) is 0 Å².